The minimum Gasteiger partial charge on any atom is -0.481 e. The number of hydrogen-bond donors (Lipinski definition) is 1. The van der Waals surface area contributed by atoms with Gasteiger partial charge in [0.2, 0.25) is 0 Å². The maximum atomic E-state index is 10.4. The number of likely N-dealkylation sites (tertiary alicyclic amines) is 1. The summed E-state index contributed by atoms with van der Waals surface area (Å²) in [6, 6.07) is 0. The third-order valence-electron chi connectivity index (χ3n) is 4.23. The SMILES string of the molecule is O=C(O)CCOC1CCN(CCCC2CCCO2)CC1. The smallest absolute Gasteiger partial charge is 0.305 e. The molecule has 116 valence electrons. The molecule has 2 saturated heterocycles. The van der Waals surface area contributed by atoms with Crippen LogP contribution >= 0.6 is 0 Å². The molecule has 2 aliphatic heterocycles. The molecule has 0 aliphatic carbocycles. The van der Waals surface area contributed by atoms with Crippen LogP contribution < -0.4 is 0 Å². The summed E-state index contributed by atoms with van der Waals surface area (Å²) >= 11 is 0. The zero-order valence-electron chi connectivity index (χ0n) is 12.3. The second-order valence-corrected chi connectivity index (χ2v) is 5.83. The van der Waals surface area contributed by atoms with Crippen molar-refractivity contribution in [2.75, 3.05) is 32.8 Å². The van der Waals surface area contributed by atoms with Crippen LogP contribution in [0.5, 0.6) is 0 Å². The van der Waals surface area contributed by atoms with Gasteiger partial charge in [-0.3, -0.25) is 4.79 Å². The van der Waals surface area contributed by atoms with Crippen molar-refractivity contribution in [2.24, 2.45) is 0 Å². The van der Waals surface area contributed by atoms with Gasteiger partial charge in [0.05, 0.1) is 25.2 Å². The molecule has 1 N–H and O–H groups in total. The first-order chi connectivity index (χ1) is 9.74. The molecule has 2 aliphatic rings. The first-order valence-electron chi connectivity index (χ1n) is 7.91. The van der Waals surface area contributed by atoms with Crippen LogP contribution in [0.3, 0.4) is 0 Å². The van der Waals surface area contributed by atoms with Crippen molar-refractivity contribution in [1.29, 1.82) is 0 Å². The minimum atomic E-state index is -0.781. The fraction of sp³-hybridized carbons (Fsp3) is 0.933. The molecule has 0 aromatic rings. The van der Waals surface area contributed by atoms with Gasteiger partial charge in [-0.15, -0.1) is 0 Å². The zero-order valence-corrected chi connectivity index (χ0v) is 12.3. The van der Waals surface area contributed by atoms with Crippen molar-refractivity contribution in [2.45, 2.75) is 57.2 Å². The molecule has 0 aromatic heterocycles. The summed E-state index contributed by atoms with van der Waals surface area (Å²) in [5.41, 5.74) is 0. The highest BCUT2D eigenvalue weighted by atomic mass is 16.5. The Kier molecular flexibility index (Phi) is 6.76. The monoisotopic (exact) mass is 285 g/mol. The molecule has 0 radical (unpaired) electrons. The second-order valence-electron chi connectivity index (χ2n) is 5.83. The molecule has 5 nitrogen and oxygen atoms in total. The van der Waals surface area contributed by atoms with Gasteiger partial charge < -0.3 is 19.5 Å². The molecular formula is C15H27NO4. The molecule has 0 spiro atoms. The van der Waals surface area contributed by atoms with Gasteiger partial charge >= 0.3 is 5.97 Å². The molecule has 0 aromatic carbocycles. The van der Waals surface area contributed by atoms with Crippen LogP contribution in [0.1, 0.15) is 44.9 Å². The lowest BCUT2D eigenvalue weighted by molar-refractivity contribution is -0.138. The number of carboxylic acid groups (broad SMARTS) is 1. The summed E-state index contributed by atoms with van der Waals surface area (Å²) in [5, 5.41) is 8.57. The van der Waals surface area contributed by atoms with E-state index in [2.05, 4.69) is 4.90 Å². The lowest BCUT2D eigenvalue weighted by atomic mass is 10.1. The van der Waals surface area contributed by atoms with E-state index in [0.717, 1.165) is 39.1 Å². The Labute approximate surface area is 121 Å². The number of rotatable bonds is 8. The third-order valence-corrected chi connectivity index (χ3v) is 4.23. The molecule has 2 heterocycles. The third kappa shape index (κ3) is 5.77. The highest BCUT2D eigenvalue weighted by Gasteiger charge is 2.20. The fourth-order valence-corrected chi connectivity index (χ4v) is 3.03. The first-order valence-corrected chi connectivity index (χ1v) is 7.91. The van der Waals surface area contributed by atoms with E-state index in [4.69, 9.17) is 14.6 Å². The maximum absolute atomic E-state index is 10.4. The molecule has 5 heteroatoms. The molecular weight excluding hydrogens is 258 g/mol. The van der Waals surface area contributed by atoms with Crippen LogP contribution in [0.25, 0.3) is 0 Å². The Bertz CT molecular complexity index is 284. The van der Waals surface area contributed by atoms with Crippen LogP contribution in [0.2, 0.25) is 0 Å². The average molecular weight is 285 g/mol. The van der Waals surface area contributed by atoms with Crippen molar-refractivity contribution >= 4 is 5.97 Å². The van der Waals surface area contributed by atoms with Crippen molar-refractivity contribution < 1.29 is 19.4 Å². The van der Waals surface area contributed by atoms with Gasteiger partial charge in [0.15, 0.2) is 0 Å². The number of nitrogens with zero attached hydrogens (tertiary/aromatic N) is 1. The molecule has 20 heavy (non-hydrogen) atoms. The van der Waals surface area contributed by atoms with Gasteiger partial charge in [-0.2, -0.15) is 0 Å². The number of ether oxygens (including phenoxy) is 2. The normalized spacial score (nSPS) is 25.1. The molecule has 2 rings (SSSR count). The number of aliphatic carboxylic acids is 1. The highest BCUT2D eigenvalue weighted by molar-refractivity contribution is 5.66. The highest BCUT2D eigenvalue weighted by Crippen LogP contribution is 2.18. The maximum Gasteiger partial charge on any atom is 0.305 e. The Balaban J connectivity index is 1.49. The Morgan fingerprint density at radius 2 is 2.10 bits per heavy atom. The molecule has 2 fully saturated rings. The van der Waals surface area contributed by atoms with Crippen molar-refractivity contribution in [3.63, 3.8) is 0 Å². The van der Waals surface area contributed by atoms with Crippen LogP contribution in [-0.2, 0) is 14.3 Å². The zero-order chi connectivity index (χ0) is 14.2. The van der Waals surface area contributed by atoms with E-state index in [1.165, 1.54) is 25.7 Å². The fourth-order valence-electron chi connectivity index (χ4n) is 3.03. The van der Waals surface area contributed by atoms with E-state index in [9.17, 15) is 4.79 Å². The summed E-state index contributed by atoms with van der Waals surface area (Å²) in [5.74, 6) is -0.781. The number of carbonyl (C=O) groups is 1. The number of piperidine rings is 1. The summed E-state index contributed by atoms with van der Waals surface area (Å²) in [7, 11) is 0. The van der Waals surface area contributed by atoms with Crippen LogP contribution in [0, 0.1) is 0 Å². The summed E-state index contributed by atoms with van der Waals surface area (Å²) in [6.45, 7) is 4.59. The predicted molar refractivity (Wildman–Crippen MR) is 75.9 cm³/mol. The van der Waals surface area contributed by atoms with E-state index in [1.807, 2.05) is 0 Å². The van der Waals surface area contributed by atoms with E-state index in [0.29, 0.717) is 12.7 Å². The first kappa shape index (κ1) is 15.7. The summed E-state index contributed by atoms with van der Waals surface area (Å²) < 4.78 is 11.2. The molecule has 1 atom stereocenters. The lowest BCUT2D eigenvalue weighted by Crippen LogP contribution is -2.38. The lowest BCUT2D eigenvalue weighted by Gasteiger charge is -2.32. The Morgan fingerprint density at radius 1 is 1.30 bits per heavy atom. The van der Waals surface area contributed by atoms with Gasteiger partial charge in [0.1, 0.15) is 0 Å². The molecule has 0 bridgehead atoms. The number of hydrogen-bond acceptors (Lipinski definition) is 4. The van der Waals surface area contributed by atoms with Crippen LogP contribution in [0.4, 0.5) is 0 Å². The average Bonchev–Trinajstić information content (AvgIpc) is 2.93. The van der Waals surface area contributed by atoms with Gasteiger partial charge in [-0.25, -0.2) is 0 Å². The van der Waals surface area contributed by atoms with Crippen molar-refractivity contribution in [1.82, 2.24) is 4.90 Å². The Morgan fingerprint density at radius 3 is 2.75 bits per heavy atom. The van der Waals surface area contributed by atoms with Crippen molar-refractivity contribution in [3.8, 4) is 0 Å². The van der Waals surface area contributed by atoms with Gasteiger partial charge in [-0.1, -0.05) is 0 Å². The standard InChI is InChI=1S/C15H27NO4/c17-15(18)7-12-20-14-5-9-16(10-6-14)8-1-3-13-4-2-11-19-13/h13-14H,1-12H2,(H,17,18). The second kappa shape index (κ2) is 8.60. The quantitative estimate of drug-likeness (QED) is 0.738. The topological polar surface area (TPSA) is 59.0 Å². The molecule has 1 unspecified atom stereocenters. The van der Waals surface area contributed by atoms with E-state index in [-0.39, 0.29) is 12.5 Å². The van der Waals surface area contributed by atoms with Gasteiger partial charge in [-0.05, 0) is 45.1 Å². The molecule has 0 amide bonds. The Hall–Kier alpha value is -0.650. The largest absolute Gasteiger partial charge is 0.481 e. The van der Waals surface area contributed by atoms with Crippen LogP contribution in [0.15, 0.2) is 0 Å². The van der Waals surface area contributed by atoms with E-state index >= 15 is 0 Å². The minimum absolute atomic E-state index is 0.113. The molecule has 0 saturated carbocycles. The van der Waals surface area contributed by atoms with E-state index < -0.39 is 5.97 Å². The van der Waals surface area contributed by atoms with E-state index in [1.54, 1.807) is 0 Å². The number of carboxylic acids is 1. The predicted octanol–water partition coefficient (Wildman–Crippen LogP) is 1.90. The van der Waals surface area contributed by atoms with Crippen LogP contribution in [-0.4, -0.2) is 61.0 Å². The van der Waals surface area contributed by atoms with Gasteiger partial charge in [0.25, 0.3) is 0 Å². The van der Waals surface area contributed by atoms with Crippen molar-refractivity contribution in [3.05, 3.63) is 0 Å². The van der Waals surface area contributed by atoms with Gasteiger partial charge in [0, 0.05) is 19.7 Å². The summed E-state index contributed by atoms with van der Waals surface area (Å²) in [6.07, 6.45) is 7.80. The summed E-state index contributed by atoms with van der Waals surface area (Å²) in [4.78, 5) is 12.9.